The van der Waals surface area contributed by atoms with Crippen LogP contribution in [0.5, 0.6) is 0 Å². The number of carbonyl (C=O) groups is 1. The Hall–Kier alpha value is -0.570. The lowest BCUT2D eigenvalue weighted by Crippen LogP contribution is -2.05. The van der Waals surface area contributed by atoms with Crippen LogP contribution >= 0.6 is 0 Å². The molecule has 3 nitrogen and oxygen atoms in total. The van der Waals surface area contributed by atoms with Crippen LogP contribution < -0.4 is 0 Å². The maximum absolute atomic E-state index is 9.85. The molecular formula is C4H6O3. The smallest absolute Gasteiger partial charge is 0.335 e. The third-order valence-corrected chi connectivity index (χ3v) is 0.954. The lowest BCUT2D eigenvalue weighted by molar-refractivity contribution is -0.138. The summed E-state index contributed by atoms with van der Waals surface area (Å²) in [6, 6.07) is 0. The van der Waals surface area contributed by atoms with Crippen LogP contribution in [0.2, 0.25) is 0 Å². The molecular weight excluding hydrogens is 96.0 g/mol. The van der Waals surface area contributed by atoms with E-state index in [-0.39, 0.29) is 6.10 Å². The van der Waals surface area contributed by atoms with Gasteiger partial charge in [0.15, 0.2) is 6.10 Å². The molecule has 1 aliphatic rings. The Bertz CT molecular complexity index is 99.1. The zero-order valence-corrected chi connectivity index (χ0v) is 3.92. The molecule has 0 saturated carbocycles. The molecule has 0 amide bonds. The van der Waals surface area contributed by atoms with E-state index in [2.05, 4.69) is 4.74 Å². The molecule has 1 fully saturated rings. The van der Waals surface area contributed by atoms with E-state index in [1.54, 1.807) is 6.92 Å². The van der Waals surface area contributed by atoms with Crippen molar-refractivity contribution in [2.24, 2.45) is 0 Å². The minimum atomic E-state index is -0.854. The average molecular weight is 102 g/mol. The standard InChI is InChI=1S/C4H6O3/c1-2-3(7-2)4(5)6/h2-3H,1H3,(H,5,6)/t2-,3+/m1/s1. The molecule has 0 aromatic carbocycles. The molecule has 1 heterocycles. The molecule has 2 atom stereocenters. The minimum absolute atomic E-state index is 0.0579. The lowest BCUT2D eigenvalue weighted by Gasteiger charge is -1.74. The molecule has 0 aromatic heterocycles. The number of carboxylic acid groups (broad SMARTS) is 1. The summed E-state index contributed by atoms with van der Waals surface area (Å²) >= 11 is 0. The molecule has 7 heavy (non-hydrogen) atoms. The second-order valence-corrected chi connectivity index (χ2v) is 1.60. The van der Waals surface area contributed by atoms with Gasteiger partial charge in [-0.25, -0.2) is 4.79 Å². The summed E-state index contributed by atoms with van der Waals surface area (Å²) in [6.45, 7) is 1.73. The summed E-state index contributed by atoms with van der Waals surface area (Å²) in [7, 11) is 0. The monoisotopic (exact) mass is 102 g/mol. The van der Waals surface area contributed by atoms with Crippen molar-refractivity contribution in [3.8, 4) is 0 Å². The van der Waals surface area contributed by atoms with Gasteiger partial charge < -0.3 is 9.84 Å². The highest BCUT2D eigenvalue weighted by molar-refractivity contribution is 5.75. The van der Waals surface area contributed by atoms with Gasteiger partial charge in [-0.15, -0.1) is 0 Å². The van der Waals surface area contributed by atoms with Gasteiger partial charge >= 0.3 is 5.97 Å². The van der Waals surface area contributed by atoms with Gasteiger partial charge in [-0.2, -0.15) is 0 Å². The molecule has 1 aliphatic heterocycles. The highest BCUT2D eigenvalue weighted by atomic mass is 16.6. The normalized spacial score (nSPS) is 37.9. The van der Waals surface area contributed by atoms with E-state index < -0.39 is 12.1 Å². The first-order valence-corrected chi connectivity index (χ1v) is 2.10. The van der Waals surface area contributed by atoms with Crippen LogP contribution in [0.3, 0.4) is 0 Å². The van der Waals surface area contributed by atoms with Crippen LogP contribution in [0.4, 0.5) is 0 Å². The van der Waals surface area contributed by atoms with Gasteiger partial charge in [0, 0.05) is 0 Å². The quantitative estimate of drug-likeness (QED) is 0.469. The molecule has 0 aliphatic carbocycles. The van der Waals surface area contributed by atoms with Gasteiger partial charge in [0.2, 0.25) is 0 Å². The van der Waals surface area contributed by atoms with Crippen molar-refractivity contribution < 1.29 is 14.6 Å². The number of aliphatic carboxylic acids is 1. The summed E-state index contributed by atoms with van der Waals surface area (Å²) in [4.78, 5) is 9.85. The van der Waals surface area contributed by atoms with Gasteiger partial charge in [-0.05, 0) is 6.92 Å². The molecule has 0 bridgehead atoms. The molecule has 3 heteroatoms. The molecule has 1 saturated heterocycles. The van der Waals surface area contributed by atoms with E-state index >= 15 is 0 Å². The number of hydrogen-bond acceptors (Lipinski definition) is 2. The van der Waals surface area contributed by atoms with Crippen LogP contribution in [-0.4, -0.2) is 23.3 Å². The number of epoxide rings is 1. The van der Waals surface area contributed by atoms with E-state index in [1.807, 2.05) is 0 Å². The number of rotatable bonds is 1. The largest absolute Gasteiger partial charge is 0.479 e. The second kappa shape index (κ2) is 1.20. The van der Waals surface area contributed by atoms with E-state index in [9.17, 15) is 4.79 Å². The third-order valence-electron chi connectivity index (χ3n) is 0.954. The van der Waals surface area contributed by atoms with Gasteiger partial charge in [-0.3, -0.25) is 0 Å². The molecule has 1 N–H and O–H groups in total. The zero-order chi connectivity index (χ0) is 5.44. The Kier molecular flexibility index (Phi) is 0.785. The number of ether oxygens (including phenoxy) is 1. The number of carboxylic acids is 1. The Morgan fingerprint density at radius 2 is 2.29 bits per heavy atom. The zero-order valence-electron chi connectivity index (χ0n) is 3.92. The van der Waals surface area contributed by atoms with E-state index in [0.29, 0.717) is 0 Å². The van der Waals surface area contributed by atoms with E-state index in [1.165, 1.54) is 0 Å². The van der Waals surface area contributed by atoms with Crippen molar-refractivity contribution >= 4 is 5.97 Å². The van der Waals surface area contributed by atoms with Gasteiger partial charge in [-0.1, -0.05) is 0 Å². The Morgan fingerprint density at radius 1 is 1.86 bits per heavy atom. The molecule has 0 unspecified atom stereocenters. The Balaban J connectivity index is 2.33. The van der Waals surface area contributed by atoms with Crippen molar-refractivity contribution in [2.75, 3.05) is 0 Å². The van der Waals surface area contributed by atoms with E-state index in [4.69, 9.17) is 5.11 Å². The van der Waals surface area contributed by atoms with Gasteiger partial charge in [0.25, 0.3) is 0 Å². The predicted molar refractivity (Wildman–Crippen MR) is 22.0 cm³/mol. The van der Waals surface area contributed by atoms with Crippen LogP contribution in [0.25, 0.3) is 0 Å². The fourth-order valence-corrected chi connectivity index (χ4v) is 0.445. The first-order chi connectivity index (χ1) is 3.22. The topological polar surface area (TPSA) is 49.8 Å². The first kappa shape index (κ1) is 4.59. The Morgan fingerprint density at radius 3 is 2.29 bits per heavy atom. The Labute approximate surface area is 40.9 Å². The van der Waals surface area contributed by atoms with Crippen LogP contribution in [0, 0.1) is 0 Å². The fraction of sp³-hybridized carbons (Fsp3) is 0.750. The van der Waals surface area contributed by atoms with E-state index in [0.717, 1.165) is 0 Å². The highest BCUT2D eigenvalue weighted by Gasteiger charge is 2.40. The van der Waals surface area contributed by atoms with Crippen LogP contribution in [-0.2, 0) is 9.53 Å². The second-order valence-electron chi connectivity index (χ2n) is 1.60. The van der Waals surface area contributed by atoms with Gasteiger partial charge in [0.1, 0.15) is 0 Å². The predicted octanol–water partition coefficient (Wildman–Crippen LogP) is -0.142. The molecule has 1 rings (SSSR count). The molecule has 40 valence electrons. The SMILES string of the molecule is C[C@H]1O[C@@H]1C(=O)O. The lowest BCUT2D eigenvalue weighted by atomic mass is 10.4. The average Bonchev–Trinajstić information content (AvgIpc) is 2.17. The summed E-state index contributed by atoms with van der Waals surface area (Å²) < 4.78 is 4.58. The summed E-state index contributed by atoms with van der Waals surface area (Å²) in [5.74, 6) is -0.854. The fourth-order valence-electron chi connectivity index (χ4n) is 0.445. The van der Waals surface area contributed by atoms with Gasteiger partial charge in [0.05, 0.1) is 6.10 Å². The van der Waals surface area contributed by atoms with Crippen LogP contribution in [0.15, 0.2) is 0 Å². The van der Waals surface area contributed by atoms with Crippen LogP contribution in [0.1, 0.15) is 6.92 Å². The summed E-state index contributed by atoms with van der Waals surface area (Å²) in [5.41, 5.74) is 0. The highest BCUT2D eigenvalue weighted by Crippen LogP contribution is 2.20. The molecule has 0 radical (unpaired) electrons. The third kappa shape index (κ3) is 0.718. The maximum atomic E-state index is 9.85. The van der Waals surface area contributed by atoms with Crippen molar-refractivity contribution in [1.82, 2.24) is 0 Å². The summed E-state index contributed by atoms with van der Waals surface area (Å²) in [5, 5.41) is 8.10. The molecule has 0 aromatic rings. The van der Waals surface area contributed by atoms with Crippen molar-refractivity contribution in [3.63, 3.8) is 0 Å². The van der Waals surface area contributed by atoms with Crippen molar-refractivity contribution in [3.05, 3.63) is 0 Å². The molecule has 0 spiro atoms. The summed E-state index contributed by atoms with van der Waals surface area (Å²) in [6.07, 6.45) is -0.572. The van der Waals surface area contributed by atoms with Crippen molar-refractivity contribution in [2.45, 2.75) is 19.1 Å². The minimum Gasteiger partial charge on any atom is -0.479 e. The van der Waals surface area contributed by atoms with Crippen molar-refractivity contribution in [1.29, 1.82) is 0 Å². The maximum Gasteiger partial charge on any atom is 0.335 e. The first-order valence-electron chi connectivity index (χ1n) is 2.10. The number of hydrogen-bond donors (Lipinski definition) is 1.